The fraction of sp³-hybridized carbons (Fsp3) is 0.235. The lowest BCUT2D eigenvalue weighted by Gasteiger charge is -2.24. The minimum atomic E-state index is -3.58. The van der Waals surface area contributed by atoms with Crippen LogP contribution in [0.4, 0.5) is 11.4 Å². The molecule has 128 valence electrons. The summed E-state index contributed by atoms with van der Waals surface area (Å²) >= 11 is 3.32. The number of benzene rings is 2. The van der Waals surface area contributed by atoms with E-state index in [1.807, 2.05) is 26.0 Å². The maximum Gasteiger partial charge on any atom is 0.245 e. The van der Waals surface area contributed by atoms with Crippen molar-refractivity contribution in [1.82, 2.24) is 0 Å². The molecule has 1 amide bonds. The summed E-state index contributed by atoms with van der Waals surface area (Å²) in [5.74, 6) is -0.400. The highest BCUT2D eigenvalue weighted by Gasteiger charge is 2.22. The van der Waals surface area contributed by atoms with Crippen LogP contribution in [-0.2, 0) is 14.8 Å². The largest absolute Gasteiger partial charge is 0.325 e. The maximum absolute atomic E-state index is 12.3. The first kappa shape index (κ1) is 18.5. The molecule has 1 N–H and O–H groups in total. The van der Waals surface area contributed by atoms with Gasteiger partial charge in [-0.1, -0.05) is 33.6 Å². The van der Waals surface area contributed by atoms with Gasteiger partial charge in [0, 0.05) is 10.2 Å². The van der Waals surface area contributed by atoms with Crippen molar-refractivity contribution in [2.45, 2.75) is 13.8 Å². The molecule has 2 aromatic carbocycles. The van der Waals surface area contributed by atoms with Crippen LogP contribution in [-0.4, -0.2) is 27.1 Å². The molecular weight excluding hydrogens is 392 g/mol. The number of aryl methyl sites for hydroxylation is 2. The number of hydrogen-bond acceptors (Lipinski definition) is 3. The number of nitrogens with zero attached hydrogens (tertiary/aromatic N) is 1. The molecule has 0 unspecified atom stereocenters. The second kappa shape index (κ2) is 7.36. The molecule has 5 nitrogen and oxygen atoms in total. The molecule has 0 aliphatic carbocycles. The van der Waals surface area contributed by atoms with Crippen LogP contribution in [0.1, 0.15) is 11.1 Å². The number of anilines is 2. The number of carbonyl (C=O) groups excluding carboxylic acids is 1. The third-order valence-corrected chi connectivity index (χ3v) is 5.09. The fourth-order valence-corrected chi connectivity index (χ4v) is 3.51. The van der Waals surface area contributed by atoms with Gasteiger partial charge in [0.05, 0.1) is 11.9 Å². The highest BCUT2D eigenvalue weighted by atomic mass is 79.9. The zero-order valence-electron chi connectivity index (χ0n) is 13.7. The molecule has 7 heteroatoms. The summed E-state index contributed by atoms with van der Waals surface area (Å²) in [7, 11) is -3.58. The summed E-state index contributed by atoms with van der Waals surface area (Å²) in [6.45, 7) is 3.48. The maximum atomic E-state index is 12.3. The van der Waals surface area contributed by atoms with E-state index in [0.717, 1.165) is 26.2 Å². The van der Waals surface area contributed by atoms with Gasteiger partial charge in [-0.15, -0.1) is 0 Å². The summed E-state index contributed by atoms with van der Waals surface area (Å²) in [5.41, 5.74) is 2.95. The molecule has 0 saturated carbocycles. The number of sulfonamides is 1. The Labute approximate surface area is 150 Å². The third kappa shape index (κ3) is 4.82. The van der Waals surface area contributed by atoms with Gasteiger partial charge < -0.3 is 5.32 Å². The monoisotopic (exact) mass is 410 g/mol. The number of nitrogens with one attached hydrogen (secondary N) is 1. The molecule has 0 aliphatic heterocycles. The summed E-state index contributed by atoms with van der Waals surface area (Å²) < 4.78 is 26.3. The molecular formula is C17H19BrN2O3S. The quantitative estimate of drug-likeness (QED) is 0.820. The lowest BCUT2D eigenvalue weighted by molar-refractivity contribution is -0.114. The summed E-state index contributed by atoms with van der Waals surface area (Å²) in [4.78, 5) is 12.3. The summed E-state index contributed by atoms with van der Waals surface area (Å²) in [6.07, 6.45) is 1.10. The van der Waals surface area contributed by atoms with Crippen molar-refractivity contribution in [2.24, 2.45) is 0 Å². The Hall–Kier alpha value is -1.86. The average molecular weight is 411 g/mol. The Morgan fingerprint density at radius 2 is 1.75 bits per heavy atom. The minimum absolute atomic E-state index is 0.279. The Morgan fingerprint density at radius 1 is 1.12 bits per heavy atom. The number of halogens is 1. The van der Waals surface area contributed by atoms with E-state index in [1.54, 1.807) is 30.3 Å². The molecule has 0 fully saturated rings. The van der Waals surface area contributed by atoms with Gasteiger partial charge in [-0.05, 0) is 49.7 Å². The van der Waals surface area contributed by atoms with Crippen LogP contribution in [0, 0.1) is 13.8 Å². The Morgan fingerprint density at radius 3 is 2.29 bits per heavy atom. The normalized spacial score (nSPS) is 11.2. The van der Waals surface area contributed by atoms with E-state index >= 15 is 0 Å². The van der Waals surface area contributed by atoms with Crippen LogP contribution < -0.4 is 9.62 Å². The minimum Gasteiger partial charge on any atom is -0.325 e. The standard InChI is InChI=1S/C17H19BrN2O3S/c1-12-4-9-16(13(2)10-12)20(24(3,22)23)11-17(21)19-15-7-5-14(18)6-8-15/h4-10H,11H2,1-3H3,(H,19,21). The molecule has 0 aromatic heterocycles. The average Bonchev–Trinajstić information content (AvgIpc) is 2.47. The first-order chi connectivity index (χ1) is 11.2. The van der Waals surface area contributed by atoms with Gasteiger partial charge in [0.15, 0.2) is 0 Å². The van der Waals surface area contributed by atoms with Crippen LogP contribution in [0.3, 0.4) is 0 Å². The lowest BCUT2D eigenvalue weighted by atomic mass is 10.1. The SMILES string of the molecule is Cc1ccc(N(CC(=O)Nc2ccc(Br)cc2)S(C)(=O)=O)c(C)c1. The van der Waals surface area contributed by atoms with E-state index in [4.69, 9.17) is 0 Å². The molecule has 24 heavy (non-hydrogen) atoms. The van der Waals surface area contributed by atoms with Gasteiger partial charge in [-0.2, -0.15) is 0 Å². The predicted octanol–water partition coefficient (Wildman–Crippen LogP) is 3.47. The summed E-state index contributed by atoms with van der Waals surface area (Å²) in [5, 5.41) is 2.71. The molecule has 0 heterocycles. The molecule has 0 saturated heterocycles. The van der Waals surface area contributed by atoms with E-state index in [-0.39, 0.29) is 6.54 Å². The van der Waals surface area contributed by atoms with Gasteiger partial charge in [0.2, 0.25) is 15.9 Å². The fourth-order valence-electron chi connectivity index (χ4n) is 2.33. The first-order valence-corrected chi connectivity index (χ1v) is 9.91. The van der Waals surface area contributed by atoms with E-state index in [0.29, 0.717) is 11.4 Å². The van der Waals surface area contributed by atoms with Crippen LogP contribution in [0.15, 0.2) is 46.9 Å². The first-order valence-electron chi connectivity index (χ1n) is 7.27. The van der Waals surface area contributed by atoms with Gasteiger partial charge in [0.25, 0.3) is 0 Å². The number of hydrogen-bond donors (Lipinski definition) is 1. The second-order valence-corrected chi connectivity index (χ2v) is 8.44. The van der Waals surface area contributed by atoms with Crippen molar-refractivity contribution in [3.05, 3.63) is 58.1 Å². The molecule has 0 atom stereocenters. The highest BCUT2D eigenvalue weighted by Crippen LogP contribution is 2.23. The number of rotatable bonds is 5. The van der Waals surface area contributed by atoms with Gasteiger partial charge >= 0.3 is 0 Å². The second-order valence-electron chi connectivity index (χ2n) is 5.61. The smallest absolute Gasteiger partial charge is 0.245 e. The van der Waals surface area contributed by atoms with Crippen molar-refractivity contribution in [3.8, 4) is 0 Å². The Bertz CT molecular complexity index is 849. The number of amides is 1. The summed E-state index contributed by atoms with van der Waals surface area (Å²) in [6, 6.07) is 12.5. The van der Waals surface area contributed by atoms with E-state index in [2.05, 4.69) is 21.2 Å². The van der Waals surface area contributed by atoms with Crippen LogP contribution in [0.2, 0.25) is 0 Å². The van der Waals surface area contributed by atoms with E-state index in [1.165, 1.54) is 0 Å². The predicted molar refractivity (Wildman–Crippen MR) is 101 cm³/mol. The lowest BCUT2D eigenvalue weighted by Crippen LogP contribution is -2.37. The van der Waals surface area contributed by atoms with Gasteiger partial charge in [0.1, 0.15) is 6.54 Å². The topological polar surface area (TPSA) is 66.5 Å². The van der Waals surface area contributed by atoms with E-state index < -0.39 is 15.9 Å². The molecule has 2 aromatic rings. The molecule has 0 bridgehead atoms. The third-order valence-electron chi connectivity index (χ3n) is 3.44. The van der Waals surface area contributed by atoms with Gasteiger partial charge in [-0.3, -0.25) is 9.10 Å². The molecule has 0 radical (unpaired) electrons. The Kier molecular flexibility index (Phi) is 5.66. The molecule has 2 rings (SSSR count). The van der Waals surface area contributed by atoms with Gasteiger partial charge in [-0.25, -0.2) is 8.42 Å². The van der Waals surface area contributed by atoms with Crippen LogP contribution in [0.25, 0.3) is 0 Å². The van der Waals surface area contributed by atoms with Crippen molar-refractivity contribution < 1.29 is 13.2 Å². The zero-order chi connectivity index (χ0) is 17.9. The molecule has 0 aliphatic rings. The van der Waals surface area contributed by atoms with Crippen molar-refractivity contribution in [1.29, 1.82) is 0 Å². The number of carbonyl (C=O) groups is 1. The highest BCUT2D eigenvalue weighted by molar-refractivity contribution is 9.10. The zero-order valence-corrected chi connectivity index (χ0v) is 16.1. The van der Waals surface area contributed by atoms with Crippen LogP contribution >= 0.6 is 15.9 Å². The van der Waals surface area contributed by atoms with E-state index in [9.17, 15) is 13.2 Å². The van der Waals surface area contributed by atoms with Crippen LogP contribution in [0.5, 0.6) is 0 Å². The van der Waals surface area contributed by atoms with Crippen molar-refractivity contribution >= 4 is 43.2 Å². The van der Waals surface area contributed by atoms with Crippen molar-refractivity contribution in [3.63, 3.8) is 0 Å². The Balaban J connectivity index is 2.23. The molecule has 0 spiro atoms. The van der Waals surface area contributed by atoms with Crippen molar-refractivity contribution in [2.75, 3.05) is 22.4 Å².